The quantitative estimate of drug-likeness (QED) is 0.821. The highest BCUT2D eigenvalue weighted by molar-refractivity contribution is 5.94. The van der Waals surface area contributed by atoms with Crippen molar-refractivity contribution in [3.05, 3.63) is 65.5 Å². The van der Waals surface area contributed by atoms with Crippen molar-refractivity contribution >= 4 is 11.8 Å². The van der Waals surface area contributed by atoms with Gasteiger partial charge in [0.25, 0.3) is 5.91 Å². The van der Waals surface area contributed by atoms with Gasteiger partial charge in [0.1, 0.15) is 0 Å². The van der Waals surface area contributed by atoms with Crippen LogP contribution in [0, 0.1) is 12.8 Å². The Morgan fingerprint density at radius 3 is 2.43 bits per heavy atom. The summed E-state index contributed by atoms with van der Waals surface area (Å²) in [5, 5.41) is 0. The normalized spacial score (nSPS) is 22.3. The van der Waals surface area contributed by atoms with E-state index in [1.165, 1.54) is 0 Å². The van der Waals surface area contributed by atoms with Crippen LogP contribution in [0.3, 0.4) is 0 Å². The van der Waals surface area contributed by atoms with Gasteiger partial charge in [-0.2, -0.15) is 0 Å². The van der Waals surface area contributed by atoms with Crippen LogP contribution in [0.2, 0.25) is 0 Å². The molecule has 2 aliphatic heterocycles. The molecule has 1 aromatic heterocycles. The number of amides is 2. The highest BCUT2D eigenvalue weighted by Gasteiger charge is 2.36. The summed E-state index contributed by atoms with van der Waals surface area (Å²) in [5.41, 5.74) is 3.00. The first-order chi connectivity index (χ1) is 13.6. The van der Waals surface area contributed by atoms with Crippen molar-refractivity contribution in [3.63, 3.8) is 0 Å². The van der Waals surface area contributed by atoms with Crippen LogP contribution in [-0.2, 0) is 4.79 Å². The molecule has 28 heavy (non-hydrogen) atoms. The zero-order valence-electron chi connectivity index (χ0n) is 16.4. The molecular formula is C23H27N3O2. The van der Waals surface area contributed by atoms with Gasteiger partial charge in [0.2, 0.25) is 5.91 Å². The third-order valence-electron chi connectivity index (χ3n) is 5.98. The van der Waals surface area contributed by atoms with Gasteiger partial charge in [-0.05, 0) is 62.4 Å². The van der Waals surface area contributed by atoms with Gasteiger partial charge in [0.05, 0.1) is 12.0 Å². The molecule has 2 amide bonds. The molecule has 1 aromatic carbocycles. The van der Waals surface area contributed by atoms with Gasteiger partial charge in [-0.25, -0.2) is 0 Å². The minimum atomic E-state index is -0.106. The fraction of sp³-hybridized carbons (Fsp3) is 0.435. The molecule has 0 aliphatic carbocycles. The van der Waals surface area contributed by atoms with E-state index in [0.717, 1.165) is 49.9 Å². The highest BCUT2D eigenvalue weighted by Crippen LogP contribution is 2.34. The second-order valence-corrected chi connectivity index (χ2v) is 7.93. The van der Waals surface area contributed by atoms with Gasteiger partial charge in [-0.3, -0.25) is 14.6 Å². The standard InChI is InChI=1S/C23H27N3O2/c1-17-6-8-19(9-7-17)22(27)25-14-2-4-20(16-25)23(28)26-15-3-5-21(26)18-10-12-24-13-11-18/h6-13,20-21H,2-5,14-16H2,1H3/t20-,21-/m0/s1. The molecule has 4 rings (SSSR count). The first kappa shape index (κ1) is 18.7. The van der Waals surface area contributed by atoms with Gasteiger partial charge in [-0.1, -0.05) is 17.7 Å². The highest BCUT2D eigenvalue weighted by atomic mass is 16.2. The lowest BCUT2D eigenvalue weighted by Crippen LogP contribution is -2.46. The number of piperidine rings is 1. The lowest BCUT2D eigenvalue weighted by atomic mass is 9.95. The van der Waals surface area contributed by atoms with Crippen LogP contribution in [0.15, 0.2) is 48.8 Å². The maximum atomic E-state index is 13.3. The maximum absolute atomic E-state index is 13.3. The molecule has 0 radical (unpaired) electrons. The van der Waals surface area contributed by atoms with E-state index >= 15 is 0 Å². The van der Waals surface area contributed by atoms with Crippen LogP contribution >= 0.6 is 0 Å². The molecule has 3 heterocycles. The Labute approximate surface area is 166 Å². The van der Waals surface area contributed by atoms with E-state index in [0.29, 0.717) is 12.1 Å². The van der Waals surface area contributed by atoms with Gasteiger partial charge in [-0.15, -0.1) is 0 Å². The lowest BCUT2D eigenvalue weighted by molar-refractivity contribution is -0.138. The Bertz CT molecular complexity index is 835. The van der Waals surface area contributed by atoms with Crippen molar-refractivity contribution in [2.24, 2.45) is 5.92 Å². The molecule has 2 atom stereocenters. The van der Waals surface area contributed by atoms with Crippen LogP contribution < -0.4 is 0 Å². The van der Waals surface area contributed by atoms with E-state index in [2.05, 4.69) is 4.98 Å². The van der Waals surface area contributed by atoms with Crippen molar-refractivity contribution in [2.75, 3.05) is 19.6 Å². The summed E-state index contributed by atoms with van der Waals surface area (Å²) < 4.78 is 0. The van der Waals surface area contributed by atoms with Crippen LogP contribution in [0.5, 0.6) is 0 Å². The number of aryl methyl sites for hydroxylation is 1. The molecule has 2 aromatic rings. The zero-order chi connectivity index (χ0) is 19.5. The van der Waals surface area contributed by atoms with Crippen molar-refractivity contribution in [1.82, 2.24) is 14.8 Å². The second-order valence-electron chi connectivity index (χ2n) is 7.93. The maximum Gasteiger partial charge on any atom is 0.253 e. The summed E-state index contributed by atoms with van der Waals surface area (Å²) in [6.45, 7) is 4.06. The molecular weight excluding hydrogens is 350 g/mol. The van der Waals surface area contributed by atoms with Crippen molar-refractivity contribution in [3.8, 4) is 0 Å². The Balaban J connectivity index is 1.46. The topological polar surface area (TPSA) is 53.5 Å². The molecule has 0 N–H and O–H groups in total. The van der Waals surface area contributed by atoms with Crippen LogP contribution in [0.4, 0.5) is 0 Å². The van der Waals surface area contributed by atoms with Gasteiger partial charge < -0.3 is 9.80 Å². The fourth-order valence-corrected chi connectivity index (χ4v) is 4.44. The lowest BCUT2D eigenvalue weighted by Gasteiger charge is -2.35. The summed E-state index contributed by atoms with van der Waals surface area (Å²) in [7, 11) is 0. The van der Waals surface area contributed by atoms with E-state index < -0.39 is 0 Å². The number of likely N-dealkylation sites (tertiary alicyclic amines) is 2. The number of hydrogen-bond acceptors (Lipinski definition) is 3. The third kappa shape index (κ3) is 3.79. The van der Waals surface area contributed by atoms with E-state index in [1.807, 2.05) is 53.1 Å². The Kier molecular flexibility index (Phi) is 5.42. The van der Waals surface area contributed by atoms with Crippen molar-refractivity contribution in [2.45, 2.75) is 38.6 Å². The fourth-order valence-electron chi connectivity index (χ4n) is 4.44. The number of carbonyl (C=O) groups is 2. The summed E-state index contributed by atoms with van der Waals surface area (Å²) in [5.74, 6) is 0.121. The van der Waals surface area contributed by atoms with E-state index in [9.17, 15) is 9.59 Å². The van der Waals surface area contributed by atoms with E-state index in [4.69, 9.17) is 0 Å². The SMILES string of the molecule is Cc1ccc(C(=O)N2CCC[C@H](C(=O)N3CCC[C@H]3c3ccncc3)C2)cc1. The van der Waals surface area contributed by atoms with E-state index in [1.54, 1.807) is 12.4 Å². The van der Waals surface area contributed by atoms with Crippen LogP contribution in [0.1, 0.15) is 53.2 Å². The molecule has 2 aliphatic rings. The summed E-state index contributed by atoms with van der Waals surface area (Å²) in [6, 6.07) is 11.8. The monoisotopic (exact) mass is 377 g/mol. The first-order valence-electron chi connectivity index (χ1n) is 10.2. The third-order valence-corrected chi connectivity index (χ3v) is 5.98. The molecule has 2 fully saturated rings. The minimum absolute atomic E-state index is 0.0320. The van der Waals surface area contributed by atoms with Crippen LogP contribution in [0.25, 0.3) is 0 Å². The Hall–Kier alpha value is -2.69. The van der Waals surface area contributed by atoms with Crippen LogP contribution in [-0.4, -0.2) is 46.2 Å². The Morgan fingerprint density at radius 1 is 0.964 bits per heavy atom. The smallest absolute Gasteiger partial charge is 0.253 e. The molecule has 0 unspecified atom stereocenters. The summed E-state index contributed by atoms with van der Waals surface area (Å²) in [4.78, 5) is 34.2. The van der Waals surface area contributed by atoms with Crippen molar-refractivity contribution in [1.29, 1.82) is 0 Å². The average Bonchev–Trinajstić information content (AvgIpc) is 3.24. The zero-order valence-corrected chi connectivity index (χ0v) is 16.4. The molecule has 146 valence electrons. The number of nitrogens with zero attached hydrogens (tertiary/aromatic N) is 3. The summed E-state index contributed by atoms with van der Waals surface area (Å²) >= 11 is 0. The number of carbonyl (C=O) groups excluding carboxylic acids is 2. The number of pyridine rings is 1. The van der Waals surface area contributed by atoms with Gasteiger partial charge in [0, 0.05) is 37.6 Å². The first-order valence-corrected chi connectivity index (χ1v) is 10.2. The number of aromatic nitrogens is 1. The molecule has 0 spiro atoms. The number of hydrogen-bond donors (Lipinski definition) is 0. The van der Waals surface area contributed by atoms with Crippen molar-refractivity contribution < 1.29 is 9.59 Å². The summed E-state index contributed by atoms with van der Waals surface area (Å²) in [6.07, 6.45) is 7.33. The molecule has 0 bridgehead atoms. The molecule has 5 heteroatoms. The number of benzene rings is 1. The second kappa shape index (κ2) is 8.13. The largest absolute Gasteiger partial charge is 0.338 e. The molecule has 0 saturated carbocycles. The Morgan fingerprint density at radius 2 is 1.68 bits per heavy atom. The molecule has 2 saturated heterocycles. The van der Waals surface area contributed by atoms with Gasteiger partial charge in [0.15, 0.2) is 0 Å². The molecule has 5 nitrogen and oxygen atoms in total. The number of rotatable bonds is 3. The minimum Gasteiger partial charge on any atom is -0.338 e. The average molecular weight is 377 g/mol. The predicted molar refractivity (Wildman–Crippen MR) is 108 cm³/mol. The predicted octanol–water partition coefficient (Wildman–Crippen LogP) is 3.61. The van der Waals surface area contributed by atoms with E-state index in [-0.39, 0.29) is 23.8 Å². The van der Waals surface area contributed by atoms with Gasteiger partial charge >= 0.3 is 0 Å².